The first-order chi connectivity index (χ1) is 8.34. The SMILES string of the molecule is CN(C)c1cc(=O)c2c(=O)n(C)c(=O)n(C)c2[nH]1. The van der Waals surface area contributed by atoms with Gasteiger partial charge in [0.15, 0.2) is 5.43 Å². The van der Waals surface area contributed by atoms with Crippen LogP contribution >= 0.6 is 0 Å². The van der Waals surface area contributed by atoms with Crippen LogP contribution in [0.15, 0.2) is 20.4 Å². The zero-order valence-electron chi connectivity index (χ0n) is 10.6. The van der Waals surface area contributed by atoms with Crippen LogP contribution in [-0.2, 0) is 14.1 Å². The Morgan fingerprint density at radius 2 is 1.72 bits per heavy atom. The summed E-state index contributed by atoms with van der Waals surface area (Å²) >= 11 is 0. The van der Waals surface area contributed by atoms with E-state index in [1.54, 1.807) is 19.0 Å². The van der Waals surface area contributed by atoms with Crippen LogP contribution in [0.3, 0.4) is 0 Å². The van der Waals surface area contributed by atoms with E-state index >= 15 is 0 Å². The average molecular weight is 250 g/mol. The minimum atomic E-state index is -0.584. The van der Waals surface area contributed by atoms with Gasteiger partial charge in [-0.1, -0.05) is 0 Å². The summed E-state index contributed by atoms with van der Waals surface area (Å²) in [5, 5.41) is -0.00907. The predicted octanol–water partition coefficient (Wildman–Crippen LogP) is -1.01. The molecule has 0 spiro atoms. The fraction of sp³-hybridized carbons (Fsp3) is 0.364. The smallest absolute Gasteiger partial charge is 0.332 e. The molecule has 0 aromatic carbocycles. The van der Waals surface area contributed by atoms with E-state index < -0.39 is 16.7 Å². The van der Waals surface area contributed by atoms with Crippen molar-refractivity contribution in [2.45, 2.75) is 0 Å². The summed E-state index contributed by atoms with van der Waals surface area (Å²) in [6.45, 7) is 0. The number of anilines is 1. The number of hydrogen-bond acceptors (Lipinski definition) is 4. The molecule has 0 fully saturated rings. The van der Waals surface area contributed by atoms with Crippen molar-refractivity contribution in [3.8, 4) is 0 Å². The van der Waals surface area contributed by atoms with Crippen molar-refractivity contribution in [1.82, 2.24) is 14.1 Å². The van der Waals surface area contributed by atoms with E-state index in [2.05, 4.69) is 4.98 Å². The summed E-state index contributed by atoms with van der Waals surface area (Å²) in [6, 6.07) is 1.34. The molecule has 7 nitrogen and oxygen atoms in total. The van der Waals surface area contributed by atoms with Crippen molar-refractivity contribution in [1.29, 1.82) is 0 Å². The molecule has 2 rings (SSSR count). The number of aromatic nitrogens is 3. The van der Waals surface area contributed by atoms with Gasteiger partial charge in [0.1, 0.15) is 16.9 Å². The highest BCUT2D eigenvalue weighted by Crippen LogP contribution is 2.07. The van der Waals surface area contributed by atoms with E-state index in [0.717, 1.165) is 4.57 Å². The van der Waals surface area contributed by atoms with Crippen LogP contribution in [-0.4, -0.2) is 28.2 Å². The van der Waals surface area contributed by atoms with Gasteiger partial charge in [-0.25, -0.2) is 4.79 Å². The van der Waals surface area contributed by atoms with Crippen molar-refractivity contribution in [3.63, 3.8) is 0 Å². The van der Waals surface area contributed by atoms with Crippen LogP contribution in [0.1, 0.15) is 0 Å². The topological polar surface area (TPSA) is 80.1 Å². The maximum Gasteiger partial charge on any atom is 0.332 e. The number of nitrogens with one attached hydrogen (secondary N) is 1. The molecule has 1 N–H and O–H groups in total. The summed E-state index contributed by atoms with van der Waals surface area (Å²) in [6.07, 6.45) is 0. The Hall–Kier alpha value is -2.31. The lowest BCUT2D eigenvalue weighted by Gasteiger charge is -2.14. The minimum Gasteiger partial charge on any atom is -0.364 e. The highest BCUT2D eigenvalue weighted by Gasteiger charge is 2.13. The lowest BCUT2D eigenvalue weighted by Crippen LogP contribution is -2.39. The van der Waals surface area contributed by atoms with Crippen molar-refractivity contribution in [2.75, 3.05) is 19.0 Å². The summed E-state index contributed by atoms with van der Waals surface area (Å²) in [4.78, 5) is 40.3. The van der Waals surface area contributed by atoms with Gasteiger partial charge >= 0.3 is 5.69 Å². The van der Waals surface area contributed by atoms with Gasteiger partial charge in [0.25, 0.3) is 5.56 Å². The third kappa shape index (κ3) is 1.55. The molecule has 0 aliphatic rings. The fourth-order valence-corrected chi connectivity index (χ4v) is 1.81. The first-order valence-corrected chi connectivity index (χ1v) is 5.35. The minimum absolute atomic E-state index is 0.00907. The first-order valence-electron chi connectivity index (χ1n) is 5.35. The van der Waals surface area contributed by atoms with Gasteiger partial charge < -0.3 is 9.88 Å². The lowest BCUT2D eigenvalue weighted by atomic mass is 10.3. The van der Waals surface area contributed by atoms with Gasteiger partial charge in [-0.3, -0.25) is 18.7 Å². The second-order valence-electron chi connectivity index (χ2n) is 4.34. The van der Waals surface area contributed by atoms with Crippen molar-refractivity contribution in [2.24, 2.45) is 14.1 Å². The third-order valence-corrected chi connectivity index (χ3v) is 2.91. The molecule has 7 heteroatoms. The molecule has 2 aromatic rings. The van der Waals surface area contributed by atoms with Gasteiger partial charge in [0, 0.05) is 34.3 Å². The van der Waals surface area contributed by atoms with E-state index in [-0.39, 0.29) is 11.0 Å². The molecular formula is C11H14N4O3. The third-order valence-electron chi connectivity index (χ3n) is 2.91. The van der Waals surface area contributed by atoms with Gasteiger partial charge in [-0.2, -0.15) is 0 Å². The zero-order chi connectivity index (χ0) is 13.6. The van der Waals surface area contributed by atoms with Crippen molar-refractivity contribution < 1.29 is 0 Å². The highest BCUT2D eigenvalue weighted by molar-refractivity contribution is 5.75. The quantitative estimate of drug-likeness (QED) is 0.703. The predicted molar refractivity (Wildman–Crippen MR) is 69.4 cm³/mol. The maximum atomic E-state index is 12.0. The van der Waals surface area contributed by atoms with Gasteiger partial charge in [0.05, 0.1) is 0 Å². The van der Waals surface area contributed by atoms with E-state index in [4.69, 9.17) is 0 Å². The second-order valence-corrected chi connectivity index (χ2v) is 4.34. The second kappa shape index (κ2) is 3.86. The summed E-state index contributed by atoms with van der Waals surface area (Å²) in [5.41, 5.74) is -1.22. The molecule has 96 valence electrons. The summed E-state index contributed by atoms with van der Waals surface area (Å²) in [5.74, 6) is 0.538. The normalized spacial score (nSPS) is 10.9. The van der Waals surface area contributed by atoms with Gasteiger partial charge in [-0.15, -0.1) is 0 Å². The number of hydrogen-bond donors (Lipinski definition) is 1. The molecule has 0 amide bonds. The Bertz CT molecular complexity index is 795. The number of aromatic amines is 1. The number of fused-ring (bicyclic) bond motifs is 1. The molecular weight excluding hydrogens is 236 g/mol. The Morgan fingerprint density at radius 1 is 1.11 bits per heavy atom. The molecule has 0 aliphatic carbocycles. The number of nitrogens with zero attached hydrogens (tertiary/aromatic N) is 3. The Labute approximate surface area is 102 Å². The number of H-pyrrole nitrogens is 1. The molecule has 18 heavy (non-hydrogen) atoms. The molecule has 0 saturated heterocycles. The summed E-state index contributed by atoms with van der Waals surface area (Å²) in [7, 11) is 6.38. The van der Waals surface area contributed by atoms with Crippen LogP contribution in [0.5, 0.6) is 0 Å². The standard InChI is InChI=1S/C11H14N4O3/c1-13(2)7-5-6(16)8-9(12-7)14(3)11(18)15(4)10(8)17/h5H,1-4H3,(H,12,16). The molecule has 0 radical (unpaired) electrons. The van der Waals surface area contributed by atoms with Crippen LogP contribution in [0, 0.1) is 0 Å². The summed E-state index contributed by atoms with van der Waals surface area (Å²) < 4.78 is 2.18. The Kier molecular flexibility index (Phi) is 2.61. The Balaban J connectivity index is 3.13. The van der Waals surface area contributed by atoms with Crippen LogP contribution in [0.4, 0.5) is 5.82 Å². The fourth-order valence-electron chi connectivity index (χ4n) is 1.81. The number of rotatable bonds is 1. The molecule has 2 heterocycles. The maximum absolute atomic E-state index is 12.0. The van der Waals surface area contributed by atoms with Crippen LogP contribution in [0.2, 0.25) is 0 Å². The average Bonchev–Trinajstić information content (AvgIpc) is 2.32. The van der Waals surface area contributed by atoms with Crippen LogP contribution in [0.25, 0.3) is 11.0 Å². The van der Waals surface area contributed by atoms with E-state index in [9.17, 15) is 14.4 Å². The first kappa shape index (κ1) is 12.2. The van der Waals surface area contributed by atoms with Gasteiger partial charge in [-0.05, 0) is 0 Å². The molecule has 2 aromatic heterocycles. The molecule has 0 unspecified atom stereocenters. The monoisotopic (exact) mass is 250 g/mol. The van der Waals surface area contributed by atoms with E-state index in [1.165, 1.54) is 24.7 Å². The largest absolute Gasteiger partial charge is 0.364 e. The number of pyridine rings is 1. The Morgan fingerprint density at radius 3 is 2.28 bits per heavy atom. The van der Waals surface area contributed by atoms with Gasteiger partial charge in [0.2, 0.25) is 0 Å². The van der Waals surface area contributed by atoms with E-state index in [1.807, 2.05) is 0 Å². The molecule has 0 aliphatic heterocycles. The lowest BCUT2D eigenvalue weighted by molar-refractivity contribution is 0.706. The van der Waals surface area contributed by atoms with Crippen LogP contribution < -0.4 is 21.6 Å². The molecule has 0 bridgehead atoms. The zero-order valence-corrected chi connectivity index (χ0v) is 10.6. The molecule has 0 atom stereocenters. The van der Waals surface area contributed by atoms with Crippen molar-refractivity contribution in [3.05, 3.63) is 37.1 Å². The molecule has 0 saturated carbocycles. The van der Waals surface area contributed by atoms with E-state index in [0.29, 0.717) is 5.82 Å². The number of aryl methyl sites for hydroxylation is 1. The highest BCUT2D eigenvalue weighted by atomic mass is 16.2. The van der Waals surface area contributed by atoms with Crippen molar-refractivity contribution >= 4 is 16.9 Å².